The zero-order valence-electron chi connectivity index (χ0n) is 6.72. The highest BCUT2D eigenvalue weighted by molar-refractivity contribution is 4.92. The summed E-state index contributed by atoms with van der Waals surface area (Å²) in [6.07, 6.45) is 9.27. The summed E-state index contributed by atoms with van der Waals surface area (Å²) in [7, 11) is 0. The van der Waals surface area contributed by atoms with Crippen LogP contribution in [0.2, 0.25) is 0 Å². The first-order valence-electron chi connectivity index (χ1n) is 3.59. The maximum Gasteiger partial charge on any atom is 0.0296 e. The quantitative estimate of drug-likeness (QED) is 0.351. The molecule has 0 aliphatic rings. The van der Waals surface area contributed by atoms with Gasteiger partial charge in [0.2, 0.25) is 0 Å². The van der Waals surface area contributed by atoms with Gasteiger partial charge in [0.1, 0.15) is 0 Å². The van der Waals surface area contributed by atoms with Crippen molar-refractivity contribution < 1.29 is 0 Å². The fraction of sp³-hybridized carbons (Fsp3) is 0.556. The Bertz CT molecular complexity index is 130. The molecule has 0 fully saturated rings. The number of hydrogen-bond acceptors (Lipinski definition) is 1. The van der Waals surface area contributed by atoms with Crippen molar-refractivity contribution in [3.05, 3.63) is 12.2 Å². The number of nitrogens with one attached hydrogen (secondary N) is 1. The number of allylic oxidation sites excluding steroid dienone is 1. The summed E-state index contributed by atoms with van der Waals surface area (Å²) in [6.45, 7) is 5.86. The third-order valence-corrected chi connectivity index (χ3v) is 1.23. The number of terminal acetylenes is 1. The van der Waals surface area contributed by atoms with Crippen LogP contribution in [0.25, 0.3) is 0 Å². The molecule has 1 N–H and O–H groups in total. The SMILES string of the molecule is C#CC(C)CNC/C=C/C. The van der Waals surface area contributed by atoms with Crippen molar-refractivity contribution in [1.82, 2.24) is 5.32 Å². The smallest absolute Gasteiger partial charge is 0.0296 e. The Morgan fingerprint density at radius 3 is 2.90 bits per heavy atom. The van der Waals surface area contributed by atoms with Crippen LogP contribution in [0.1, 0.15) is 13.8 Å². The Hall–Kier alpha value is -0.740. The largest absolute Gasteiger partial charge is 0.312 e. The van der Waals surface area contributed by atoms with E-state index in [2.05, 4.69) is 17.3 Å². The minimum Gasteiger partial charge on any atom is -0.312 e. The molecule has 1 atom stereocenters. The molecule has 56 valence electrons. The molecule has 0 aliphatic heterocycles. The topological polar surface area (TPSA) is 12.0 Å². The zero-order valence-corrected chi connectivity index (χ0v) is 6.72. The minimum absolute atomic E-state index is 0.338. The van der Waals surface area contributed by atoms with Crippen LogP contribution >= 0.6 is 0 Å². The van der Waals surface area contributed by atoms with E-state index >= 15 is 0 Å². The molecule has 0 aromatic heterocycles. The second-order valence-electron chi connectivity index (χ2n) is 2.29. The molecule has 10 heavy (non-hydrogen) atoms. The van der Waals surface area contributed by atoms with E-state index < -0.39 is 0 Å². The molecule has 0 rings (SSSR count). The van der Waals surface area contributed by atoms with E-state index in [0.29, 0.717) is 5.92 Å². The monoisotopic (exact) mass is 137 g/mol. The first-order valence-corrected chi connectivity index (χ1v) is 3.59. The van der Waals surface area contributed by atoms with Crippen LogP contribution in [-0.4, -0.2) is 13.1 Å². The van der Waals surface area contributed by atoms with E-state index in [0.717, 1.165) is 13.1 Å². The van der Waals surface area contributed by atoms with Crippen molar-refractivity contribution in [2.45, 2.75) is 13.8 Å². The molecule has 1 nitrogen and oxygen atoms in total. The fourth-order valence-corrected chi connectivity index (χ4v) is 0.560. The second kappa shape index (κ2) is 6.38. The summed E-state index contributed by atoms with van der Waals surface area (Å²) in [5, 5.41) is 3.21. The van der Waals surface area contributed by atoms with Gasteiger partial charge in [0.15, 0.2) is 0 Å². The van der Waals surface area contributed by atoms with Crippen molar-refractivity contribution in [3.8, 4) is 12.3 Å². The first kappa shape index (κ1) is 9.26. The van der Waals surface area contributed by atoms with Crippen molar-refractivity contribution in [2.75, 3.05) is 13.1 Å². The lowest BCUT2D eigenvalue weighted by Gasteiger charge is -2.02. The predicted octanol–water partition coefficient (Wildman–Crippen LogP) is 1.42. The van der Waals surface area contributed by atoms with Crippen molar-refractivity contribution >= 4 is 0 Å². The van der Waals surface area contributed by atoms with E-state index in [-0.39, 0.29) is 0 Å². The molecule has 0 spiro atoms. The average Bonchev–Trinajstić information content (AvgIpc) is 1.98. The summed E-state index contributed by atoms with van der Waals surface area (Å²) in [5.74, 6) is 2.99. The van der Waals surface area contributed by atoms with Crippen LogP contribution in [0.15, 0.2) is 12.2 Å². The van der Waals surface area contributed by atoms with Gasteiger partial charge in [0.25, 0.3) is 0 Å². The van der Waals surface area contributed by atoms with Gasteiger partial charge < -0.3 is 5.32 Å². The van der Waals surface area contributed by atoms with E-state index in [1.54, 1.807) is 0 Å². The highest BCUT2D eigenvalue weighted by Crippen LogP contribution is 1.86. The third-order valence-electron chi connectivity index (χ3n) is 1.23. The third kappa shape index (κ3) is 5.40. The molecular formula is C9H15N. The van der Waals surface area contributed by atoms with Crippen LogP contribution in [0, 0.1) is 18.3 Å². The Morgan fingerprint density at radius 2 is 2.40 bits per heavy atom. The van der Waals surface area contributed by atoms with Gasteiger partial charge in [-0.15, -0.1) is 12.3 Å². The molecule has 0 aromatic carbocycles. The number of hydrogen-bond donors (Lipinski definition) is 1. The lowest BCUT2D eigenvalue weighted by molar-refractivity contribution is 0.642. The van der Waals surface area contributed by atoms with Gasteiger partial charge in [0.05, 0.1) is 0 Å². The standard InChI is InChI=1S/C9H15N/c1-4-6-7-10-8-9(3)5-2/h2,4,6,9-10H,7-8H2,1,3H3/b6-4+. The highest BCUT2D eigenvalue weighted by Gasteiger charge is 1.91. The van der Waals surface area contributed by atoms with Crippen LogP contribution in [0.5, 0.6) is 0 Å². The molecule has 0 radical (unpaired) electrons. The van der Waals surface area contributed by atoms with Crippen LogP contribution in [0.4, 0.5) is 0 Å². The zero-order chi connectivity index (χ0) is 7.82. The minimum atomic E-state index is 0.338. The van der Waals surface area contributed by atoms with E-state index in [9.17, 15) is 0 Å². The molecule has 0 saturated heterocycles. The fourth-order valence-electron chi connectivity index (χ4n) is 0.560. The van der Waals surface area contributed by atoms with Crippen LogP contribution in [-0.2, 0) is 0 Å². The second-order valence-corrected chi connectivity index (χ2v) is 2.29. The summed E-state index contributed by atoms with van der Waals surface area (Å²) >= 11 is 0. The molecule has 1 unspecified atom stereocenters. The molecular weight excluding hydrogens is 122 g/mol. The van der Waals surface area contributed by atoms with Gasteiger partial charge in [-0.1, -0.05) is 19.1 Å². The van der Waals surface area contributed by atoms with E-state index in [4.69, 9.17) is 6.42 Å². The Labute approximate surface area is 63.5 Å². The normalized spacial score (nSPS) is 13.3. The average molecular weight is 137 g/mol. The summed E-state index contributed by atoms with van der Waals surface area (Å²) in [6, 6.07) is 0. The van der Waals surface area contributed by atoms with Gasteiger partial charge in [0, 0.05) is 19.0 Å². The number of rotatable bonds is 4. The summed E-state index contributed by atoms with van der Waals surface area (Å²) < 4.78 is 0. The summed E-state index contributed by atoms with van der Waals surface area (Å²) in [5.41, 5.74) is 0. The molecule has 0 aliphatic carbocycles. The molecule has 0 heterocycles. The van der Waals surface area contributed by atoms with E-state index in [1.807, 2.05) is 19.9 Å². The Kier molecular flexibility index (Phi) is 5.91. The first-order chi connectivity index (χ1) is 4.81. The van der Waals surface area contributed by atoms with Crippen molar-refractivity contribution in [2.24, 2.45) is 5.92 Å². The maximum absolute atomic E-state index is 5.18. The van der Waals surface area contributed by atoms with Gasteiger partial charge >= 0.3 is 0 Å². The molecule has 0 bridgehead atoms. The van der Waals surface area contributed by atoms with Gasteiger partial charge in [-0.2, -0.15) is 0 Å². The lowest BCUT2D eigenvalue weighted by Crippen LogP contribution is -2.19. The maximum atomic E-state index is 5.18. The van der Waals surface area contributed by atoms with Crippen LogP contribution in [0.3, 0.4) is 0 Å². The van der Waals surface area contributed by atoms with Gasteiger partial charge in [-0.05, 0) is 6.92 Å². The molecule has 0 saturated carbocycles. The van der Waals surface area contributed by atoms with Gasteiger partial charge in [-0.3, -0.25) is 0 Å². The lowest BCUT2D eigenvalue weighted by atomic mass is 10.2. The Morgan fingerprint density at radius 1 is 1.70 bits per heavy atom. The van der Waals surface area contributed by atoms with Gasteiger partial charge in [-0.25, -0.2) is 0 Å². The molecule has 1 heteroatoms. The predicted molar refractivity (Wildman–Crippen MR) is 45.7 cm³/mol. The van der Waals surface area contributed by atoms with E-state index in [1.165, 1.54) is 0 Å². The highest BCUT2D eigenvalue weighted by atomic mass is 14.8. The van der Waals surface area contributed by atoms with Crippen molar-refractivity contribution in [1.29, 1.82) is 0 Å². The molecule has 0 aromatic rings. The van der Waals surface area contributed by atoms with Crippen LogP contribution < -0.4 is 5.32 Å². The van der Waals surface area contributed by atoms with Crippen molar-refractivity contribution in [3.63, 3.8) is 0 Å². The molecule has 0 amide bonds. The summed E-state index contributed by atoms with van der Waals surface area (Å²) in [4.78, 5) is 0. The Balaban J connectivity index is 3.13.